The third kappa shape index (κ3) is 4.84. The van der Waals surface area contributed by atoms with E-state index in [1.165, 1.54) is 6.07 Å². The number of rotatable bonds is 3. The average Bonchev–Trinajstić information content (AvgIpc) is 2.35. The summed E-state index contributed by atoms with van der Waals surface area (Å²) in [5.41, 5.74) is 5.51. The molecule has 0 amide bonds. The Bertz CT molecular complexity index is 983. The molecule has 8 nitrogen and oxygen atoms in total. The van der Waals surface area contributed by atoms with Crippen LogP contribution >= 0.6 is 12.2 Å². The Balaban J connectivity index is 0.00000264. The standard InChI is InChI=1S/C11H10N2O6S3.Na.H/c12-11(20)13-10-5-8(22(17,18)19)4-6-3-7(21(14,15)16)1-2-9(6)10;;/h1-5H,(H3,12,13,20)(H,14,15,16)(H,17,18,19);;. The van der Waals surface area contributed by atoms with E-state index in [1.54, 1.807) is 0 Å². The van der Waals surface area contributed by atoms with Crippen molar-refractivity contribution in [2.45, 2.75) is 9.79 Å². The van der Waals surface area contributed by atoms with E-state index in [0.717, 1.165) is 24.3 Å². The summed E-state index contributed by atoms with van der Waals surface area (Å²) in [6.45, 7) is 0. The molecule has 0 bridgehead atoms. The molecule has 0 saturated heterocycles. The third-order valence-electron chi connectivity index (χ3n) is 2.75. The van der Waals surface area contributed by atoms with Crippen molar-refractivity contribution in [2.75, 3.05) is 5.32 Å². The summed E-state index contributed by atoms with van der Waals surface area (Å²) in [5.74, 6) is 0. The second kappa shape index (κ2) is 6.99. The molecule has 2 aromatic rings. The monoisotopic (exact) mass is 386 g/mol. The fraction of sp³-hybridized carbons (Fsp3) is 0. The van der Waals surface area contributed by atoms with E-state index in [2.05, 4.69) is 17.5 Å². The van der Waals surface area contributed by atoms with Crippen molar-refractivity contribution in [3.63, 3.8) is 0 Å². The molecule has 5 N–H and O–H groups in total. The van der Waals surface area contributed by atoms with Crippen LogP contribution in [-0.4, -0.2) is 60.6 Å². The summed E-state index contributed by atoms with van der Waals surface area (Å²) < 4.78 is 63.1. The van der Waals surface area contributed by atoms with Gasteiger partial charge in [0, 0.05) is 11.1 Å². The molecule has 120 valence electrons. The molecule has 0 heterocycles. The molecule has 0 spiro atoms. The molecule has 12 heteroatoms. The SMILES string of the molecule is NC(=S)Nc1cc(S(=O)(=O)O)cc2cc(S(=O)(=O)O)ccc12.[NaH]. The second-order valence-corrected chi connectivity index (χ2v) is 7.58. The van der Waals surface area contributed by atoms with Crippen LogP contribution in [0.15, 0.2) is 40.1 Å². The van der Waals surface area contributed by atoms with Gasteiger partial charge in [0.15, 0.2) is 5.11 Å². The molecular weight excluding hydrogens is 375 g/mol. The van der Waals surface area contributed by atoms with Gasteiger partial charge >= 0.3 is 29.6 Å². The van der Waals surface area contributed by atoms with Crippen LogP contribution in [0.4, 0.5) is 5.69 Å². The van der Waals surface area contributed by atoms with E-state index < -0.39 is 30.0 Å². The van der Waals surface area contributed by atoms with Gasteiger partial charge in [-0.2, -0.15) is 16.8 Å². The van der Waals surface area contributed by atoms with Gasteiger partial charge in [0.2, 0.25) is 0 Å². The van der Waals surface area contributed by atoms with Crippen LogP contribution in [0.5, 0.6) is 0 Å². The fourth-order valence-electron chi connectivity index (χ4n) is 1.87. The summed E-state index contributed by atoms with van der Waals surface area (Å²) in [6.07, 6.45) is 0. The fourth-order valence-corrected chi connectivity index (χ4v) is 3.03. The van der Waals surface area contributed by atoms with Gasteiger partial charge in [-0.1, -0.05) is 6.07 Å². The number of nitrogens with two attached hydrogens (primary N) is 1. The predicted octanol–water partition coefficient (Wildman–Crippen LogP) is 0.340. The van der Waals surface area contributed by atoms with Crippen molar-refractivity contribution < 1.29 is 25.9 Å². The van der Waals surface area contributed by atoms with Gasteiger partial charge in [0.25, 0.3) is 20.2 Å². The molecule has 0 aliphatic rings. The molecule has 2 rings (SSSR count). The molecule has 0 aliphatic heterocycles. The quantitative estimate of drug-likeness (QED) is 0.333. The van der Waals surface area contributed by atoms with Gasteiger partial charge in [-0.3, -0.25) is 9.11 Å². The van der Waals surface area contributed by atoms with Crippen molar-refractivity contribution in [1.29, 1.82) is 0 Å². The summed E-state index contributed by atoms with van der Waals surface area (Å²) in [5, 5.41) is 2.93. The summed E-state index contributed by atoms with van der Waals surface area (Å²) in [7, 11) is -9.00. The van der Waals surface area contributed by atoms with Crippen LogP contribution in [0.25, 0.3) is 10.8 Å². The molecule has 0 unspecified atom stereocenters. The summed E-state index contributed by atoms with van der Waals surface area (Å²) >= 11 is 4.68. The molecule has 0 fully saturated rings. The molecular formula is C11H11N2NaO6S3. The van der Waals surface area contributed by atoms with Gasteiger partial charge in [0.1, 0.15) is 0 Å². The first-order chi connectivity index (χ1) is 9.98. The maximum absolute atomic E-state index is 11.3. The summed E-state index contributed by atoms with van der Waals surface area (Å²) in [6, 6.07) is 5.69. The number of hydrogen-bond donors (Lipinski definition) is 4. The molecule has 23 heavy (non-hydrogen) atoms. The zero-order valence-electron chi connectivity index (χ0n) is 10.7. The zero-order chi connectivity index (χ0) is 16.7. The van der Waals surface area contributed by atoms with Crippen LogP contribution in [0.3, 0.4) is 0 Å². The van der Waals surface area contributed by atoms with Crippen LogP contribution in [0.2, 0.25) is 0 Å². The van der Waals surface area contributed by atoms with E-state index in [9.17, 15) is 16.8 Å². The van der Waals surface area contributed by atoms with Gasteiger partial charge in [-0.15, -0.1) is 0 Å². The van der Waals surface area contributed by atoms with Crippen LogP contribution in [-0.2, 0) is 20.2 Å². The Kier molecular flexibility index (Phi) is 6.15. The maximum atomic E-state index is 11.3. The van der Waals surface area contributed by atoms with Crippen molar-refractivity contribution in [3.05, 3.63) is 30.3 Å². The normalized spacial score (nSPS) is 11.7. The number of nitrogens with one attached hydrogen (secondary N) is 1. The van der Waals surface area contributed by atoms with Gasteiger partial charge in [-0.25, -0.2) is 0 Å². The van der Waals surface area contributed by atoms with Gasteiger partial charge < -0.3 is 11.1 Å². The van der Waals surface area contributed by atoms with E-state index in [0.29, 0.717) is 5.39 Å². The number of thiocarbonyl (C=S) groups is 1. The van der Waals surface area contributed by atoms with E-state index >= 15 is 0 Å². The molecule has 0 aliphatic carbocycles. The Labute approximate surface area is 159 Å². The number of hydrogen-bond acceptors (Lipinski definition) is 5. The van der Waals surface area contributed by atoms with Crippen LogP contribution in [0, 0.1) is 0 Å². The van der Waals surface area contributed by atoms with Crippen LogP contribution < -0.4 is 11.1 Å². The Morgan fingerprint density at radius 1 is 1.00 bits per heavy atom. The van der Waals surface area contributed by atoms with Crippen molar-refractivity contribution >= 4 is 83.6 Å². The topological polar surface area (TPSA) is 147 Å². The van der Waals surface area contributed by atoms with Crippen molar-refractivity contribution in [2.24, 2.45) is 5.73 Å². The van der Waals surface area contributed by atoms with Gasteiger partial charge in [-0.05, 0) is 41.9 Å². The first-order valence-electron chi connectivity index (χ1n) is 5.58. The van der Waals surface area contributed by atoms with Crippen LogP contribution in [0.1, 0.15) is 0 Å². The molecule has 2 aromatic carbocycles. The Hall–Kier alpha value is -0.790. The first-order valence-corrected chi connectivity index (χ1v) is 8.86. The third-order valence-corrected chi connectivity index (χ3v) is 4.53. The molecule has 0 radical (unpaired) electrons. The first kappa shape index (κ1) is 20.3. The van der Waals surface area contributed by atoms with Crippen molar-refractivity contribution in [1.82, 2.24) is 0 Å². The molecule has 0 saturated carbocycles. The number of benzene rings is 2. The minimum atomic E-state index is -4.54. The number of fused-ring (bicyclic) bond motifs is 1. The minimum absolute atomic E-state index is 0. The Morgan fingerprint density at radius 2 is 1.52 bits per heavy atom. The van der Waals surface area contributed by atoms with E-state index in [-0.39, 0.29) is 45.7 Å². The van der Waals surface area contributed by atoms with Crippen molar-refractivity contribution in [3.8, 4) is 0 Å². The van der Waals surface area contributed by atoms with Gasteiger partial charge in [0.05, 0.1) is 9.79 Å². The number of anilines is 1. The average molecular weight is 386 g/mol. The zero-order valence-corrected chi connectivity index (χ0v) is 13.2. The van der Waals surface area contributed by atoms with E-state index in [4.69, 9.17) is 14.8 Å². The Morgan fingerprint density at radius 3 is 2.00 bits per heavy atom. The van der Waals surface area contributed by atoms with E-state index in [1.807, 2.05) is 0 Å². The summed E-state index contributed by atoms with van der Waals surface area (Å²) in [4.78, 5) is -0.903. The molecule has 0 aromatic heterocycles. The second-order valence-electron chi connectivity index (χ2n) is 4.29. The molecule has 0 atom stereocenters. The predicted molar refractivity (Wildman–Crippen MR) is 91.1 cm³/mol.